The first-order valence-electron chi connectivity index (χ1n) is 6.80. The molecule has 0 aliphatic rings. The van der Waals surface area contributed by atoms with E-state index in [-0.39, 0.29) is 23.7 Å². The zero-order chi connectivity index (χ0) is 15.8. The maximum absolute atomic E-state index is 12.0. The van der Waals surface area contributed by atoms with Crippen molar-refractivity contribution < 1.29 is 18.0 Å². The smallest absolute Gasteiger partial charge is 0.244 e. The largest absolute Gasteiger partial charge is 0.273 e. The third-order valence-electron chi connectivity index (χ3n) is 2.97. The van der Waals surface area contributed by atoms with Gasteiger partial charge in [0.2, 0.25) is 5.91 Å². The van der Waals surface area contributed by atoms with Crippen LogP contribution in [0.2, 0.25) is 0 Å². The van der Waals surface area contributed by atoms with Gasteiger partial charge in [0.1, 0.15) is 0 Å². The molecule has 0 aliphatic heterocycles. The van der Waals surface area contributed by atoms with Crippen LogP contribution in [0.1, 0.15) is 12.0 Å². The van der Waals surface area contributed by atoms with Gasteiger partial charge in [-0.2, -0.15) is 0 Å². The Hall–Kier alpha value is -2.18. The van der Waals surface area contributed by atoms with Crippen molar-refractivity contribution in [2.24, 2.45) is 0 Å². The van der Waals surface area contributed by atoms with Crippen molar-refractivity contribution in [3.63, 3.8) is 0 Å². The summed E-state index contributed by atoms with van der Waals surface area (Å²) < 4.78 is 24.0. The van der Waals surface area contributed by atoms with Gasteiger partial charge in [-0.15, -0.1) is 0 Å². The van der Waals surface area contributed by atoms with Crippen LogP contribution in [-0.2, 0) is 26.1 Å². The highest BCUT2D eigenvalue weighted by molar-refractivity contribution is 7.91. The second-order valence-electron chi connectivity index (χ2n) is 4.68. The lowest BCUT2D eigenvalue weighted by Crippen LogP contribution is -2.25. The number of rotatable bonds is 7. The number of carbonyl (C=O) groups is 1. The number of hydrogen-bond acceptors (Lipinski definition) is 4. The fraction of sp³-hybridized carbons (Fsp3) is 0.188. The molecule has 1 amide bonds. The highest BCUT2D eigenvalue weighted by Crippen LogP contribution is 2.11. The molecule has 1 N–H and O–H groups in total. The van der Waals surface area contributed by atoms with Crippen LogP contribution in [0.3, 0.4) is 0 Å². The molecule has 2 rings (SSSR count). The van der Waals surface area contributed by atoms with Gasteiger partial charge < -0.3 is 0 Å². The van der Waals surface area contributed by atoms with Gasteiger partial charge in [0.25, 0.3) is 0 Å². The Morgan fingerprint density at radius 2 is 1.55 bits per heavy atom. The summed E-state index contributed by atoms with van der Waals surface area (Å²) >= 11 is 0. The van der Waals surface area contributed by atoms with Crippen molar-refractivity contribution in [3.05, 3.63) is 66.2 Å². The van der Waals surface area contributed by atoms with Crippen LogP contribution < -0.4 is 5.48 Å². The Balaban J connectivity index is 1.76. The minimum atomic E-state index is -3.45. The fourth-order valence-corrected chi connectivity index (χ4v) is 3.06. The quantitative estimate of drug-likeness (QED) is 0.793. The van der Waals surface area contributed by atoms with Gasteiger partial charge in [0, 0.05) is 6.42 Å². The van der Waals surface area contributed by atoms with Crippen molar-refractivity contribution in [3.8, 4) is 0 Å². The van der Waals surface area contributed by atoms with Crippen molar-refractivity contribution in [1.82, 2.24) is 5.48 Å². The van der Waals surface area contributed by atoms with Crippen molar-refractivity contribution in [2.45, 2.75) is 17.9 Å². The first-order valence-corrected chi connectivity index (χ1v) is 8.45. The molecule has 116 valence electrons. The summed E-state index contributed by atoms with van der Waals surface area (Å²) in [6.45, 7) is 0.234. The van der Waals surface area contributed by atoms with Crippen molar-refractivity contribution >= 4 is 15.7 Å². The molecular formula is C16H17NO4S. The molecule has 2 aromatic carbocycles. The van der Waals surface area contributed by atoms with Crippen LogP contribution in [-0.4, -0.2) is 20.1 Å². The Morgan fingerprint density at radius 1 is 0.955 bits per heavy atom. The van der Waals surface area contributed by atoms with E-state index in [1.807, 2.05) is 30.3 Å². The summed E-state index contributed by atoms with van der Waals surface area (Å²) in [7, 11) is -3.45. The average Bonchev–Trinajstić information content (AvgIpc) is 2.55. The molecule has 0 fully saturated rings. The number of nitrogens with one attached hydrogen (secondary N) is 1. The third-order valence-corrected chi connectivity index (χ3v) is 4.70. The summed E-state index contributed by atoms with van der Waals surface area (Å²) in [6, 6.07) is 17.4. The number of hydrogen-bond donors (Lipinski definition) is 1. The molecule has 6 heteroatoms. The zero-order valence-corrected chi connectivity index (χ0v) is 12.8. The van der Waals surface area contributed by atoms with Gasteiger partial charge in [-0.25, -0.2) is 13.9 Å². The normalized spacial score (nSPS) is 11.1. The Labute approximate surface area is 129 Å². The molecular weight excluding hydrogens is 302 g/mol. The maximum Gasteiger partial charge on any atom is 0.244 e. The van der Waals surface area contributed by atoms with Crippen molar-refractivity contribution in [2.75, 3.05) is 5.75 Å². The monoisotopic (exact) mass is 319 g/mol. The fourth-order valence-electron chi connectivity index (χ4n) is 1.80. The number of hydroxylamine groups is 1. The third kappa shape index (κ3) is 4.98. The lowest BCUT2D eigenvalue weighted by molar-refractivity contribution is -0.134. The van der Waals surface area contributed by atoms with Crippen LogP contribution in [0.15, 0.2) is 65.6 Å². The molecule has 0 atom stereocenters. The van der Waals surface area contributed by atoms with Crippen LogP contribution in [0, 0.1) is 0 Å². The molecule has 0 radical (unpaired) electrons. The molecule has 0 saturated heterocycles. The predicted octanol–water partition coefficient (Wildman–Crippen LogP) is 2.10. The van der Waals surface area contributed by atoms with E-state index in [9.17, 15) is 13.2 Å². The standard InChI is InChI=1S/C16H17NO4S/c18-16(17-21-13-14-7-3-1-4-8-14)11-12-22(19,20)15-9-5-2-6-10-15/h1-10H,11-13H2,(H,17,18). The van der Waals surface area contributed by atoms with E-state index in [0.29, 0.717) is 0 Å². The Bertz CT molecular complexity index is 699. The van der Waals surface area contributed by atoms with Crippen LogP contribution in [0.4, 0.5) is 0 Å². The number of carbonyl (C=O) groups excluding carboxylic acids is 1. The van der Waals surface area contributed by atoms with E-state index in [1.165, 1.54) is 12.1 Å². The SMILES string of the molecule is O=C(CCS(=O)(=O)c1ccccc1)NOCc1ccccc1. The Morgan fingerprint density at radius 3 is 2.18 bits per heavy atom. The molecule has 2 aromatic rings. The molecule has 0 unspecified atom stereocenters. The predicted molar refractivity (Wildman–Crippen MR) is 82.5 cm³/mol. The van der Waals surface area contributed by atoms with E-state index >= 15 is 0 Å². The van der Waals surface area contributed by atoms with Gasteiger partial charge in [0.15, 0.2) is 9.84 Å². The second-order valence-corrected chi connectivity index (χ2v) is 6.79. The molecule has 5 nitrogen and oxygen atoms in total. The summed E-state index contributed by atoms with van der Waals surface area (Å²) in [6.07, 6.45) is -0.147. The molecule has 0 aliphatic carbocycles. The number of amides is 1. The Kier molecular flexibility index (Phi) is 5.68. The van der Waals surface area contributed by atoms with Crippen LogP contribution >= 0.6 is 0 Å². The molecule has 0 aromatic heterocycles. The van der Waals surface area contributed by atoms with Gasteiger partial charge >= 0.3 is 0 Å². The van der Waals surface area contributed by atoms with E-state index in [0.717, 1.165) is 5.56 Å². The number of sulfone groups is 1. The van der Waals surface area contributed by atoms with Crippen LogP contribution in [0.25, 0.3) is 0 Å². The maximum atomic E-state index is 12.0. The summed E-state index contributed by atoms with van der Waals surface area (Å²) in [5.41, 5.74) is 3.17. The molecule has 22 heavy (non-hydrogen) atoms. The van der Waals surface area contributed by atoms with E-state index in [4.69, 9.17) is 4.84 Å². The van der Waals surface area contributed by atoms with Crippen LogP contribution in [0.5, 0.6) is 0 Å². The lowest BCUT2D eigenvalue weighted by Gasteiger charge is -2.07. The van der Waals surface area contributed by atoms with Gasteiger partial charge in [-0.3, -0.25) is 9.63 Å². The minimum Gasteiger partial charge on any atom is -0.273 e. The summed E-state index contributed by atoms with van der Waals surface area (Å²) in [5.74, 6) is -0.715. The van der Waals surface area contributed by atoms with Crippen molar-refractivity contribution in [1.29, 1.82) is 0 Å². The first-order chi connectivity index (χ1) is 10.6. The van der Waals surface area contributed by atoms with E-state index in [1.54, 1.807) is 18.2 Å². The lowest BCUT2D eigenvalue weighted by atomic mass is 10.2. The average molecular weight is 319 g/mol. The van der Waals surface area contributed by atoms with Gasteiger partial charge in [0.05, 0.1) is 17.3 Å². The molecule has 0 bridgehead atoms. The highest BCUT2D eigenvalue weighted by atomic mass is 32.2. The highest BCUT2D eigenvalue weighted by Gasteiger charge is 2.15. The molecule has 0 saturated carbocycles. The molecule has 0 spiro atoms. The van der Waals surface area contributed by atoms with E-state index < -0.39 is 15.7 Å². The van der Waals surface area contributed by atoms with Gasteiger partial charge in [-0.05, 0) is 17.7 Å². The molecule has 0 heterocycles. The summed E-state index contributed by atoms with van der Waals surface area (Å²) in [4.78, 5) is 16.9. The topological polar surface area (TPSA) is 72.5 Å². The summed E-state index contributed by atoms with van der Waals surface area (Å²) in [5, 5.41) is 0. The number of benzene rings is 2. The first kappa shape index (κ1) is 16.2. The minimum absolute atomic E-state index is 0.147. The second kappa shape index (κ2) is 7.72. The van der Waals surface area contributed by atoms with E-state index in [2.05, 4.69) is 5.48 Å². The van der Waals surface area contributed by atoms with Gasteiger partial charge in [-0.1, -0.05) is 48.5 Å². The zero-order valence-electron chi connectivity index (χ0n) is 11.9.